The molecule has 7 heteroatoms. The predicted octanol–water partition coefficient (Wildman–Crippen LogP) is 2.03. The molecule has 0 N–H and O–H groups in total. The second kappa shape index (κ2) is 7.51. The van der Waals surface area contributed by atoms with Crippen molar-refractivity contribution in [3.63, 3.8) is 0 Å². The van der Waals surface area contributed by atoms with Gasteiger partial charge < -0.3 is 9.32 Å². The summed E-state index contributed by atoms with van der Waals surface area (Å²) >= 11 is 0. The number of benzene rings is 1. The number of oxazole rings is 1. The van der Waals surface area contributed by atoms with Crippen molar-refractivity contribution in [2.45, 2.75) is 38.8 Å². The largest absolute Gasteiger partial charge is 0.445 e. The van der Waals surface area contributed by atoms with Crippen LogP contribution in [-0.4, -0.2) is 37.1 Å². The average molecular weight is 351 g/mol. The van der Waals surface area contributed by atoms with Gasteiger partial charge in [-0.1, -0.05) is 30.3 Å². The minimum atomic E-state index is 0.111. The molecule has 0 spiro atoms. The summed E-state index contributed by atoms with van der Waals surface area (Å²) in [6.07, 6.45) is 5.92. The third kappa shape index (κ3) is 3.82. The standard InChI is InChI=1S/C19H21N5O2/c25-19(9-11-24-14-20-13-21-24)23-10-8-17-16(12-23)22-18(26-17)7-6-15-4-2-1-3-5-15/h1-5,13-14H,6-12H2. The van der Waals surface area contributed by atoms with E-state index in [0.29, 0.717) is 26.1 Å². The summed E-state index contributed by atoms with van der Waals surface area (Å²) in [6, 6.07) is 10.3. The Bertz CT molecular complexity index is 857. The van der Waals surface area contributed by atoms with Crippen LogP contribution >= 0.6 is 0 Å². The SMILES string of the molecule is O=C(CCn1cncn1)N1CCc2oc(CCc3ccccc3)nc2C1. The Hall–Kier alpha value is -2.96. The monoisotopic (exact) mass is 351 g/mol. The van der Waals surface area contributed by atoms with Crippen molar-refractivity contribution in [3.05, 3.63) is 65.9 Å². The van der Waals surface area contributed by atoms with Gasteiger partial charge >= 0.3 is 0 Å². The van der Waals surface area contributed by atoms with E-state index < -0.39 is 0 Å². The molecule has 0 saturated carbocycles. The van der Waals surface area contributed by atoms with Gasteiger partial charge in [-0.15, -0.1) is 0 Å². The summed E-state index contributed by atoms with van der Waals surface area (Å²) in [6.45, 7) is 1.75. The summed E-state index contributed by atoms with van der Waals surface area (Å²) in [5.41, 5.74) is 2.17. The van der Waals surface area contributed by atoms with E-state index in [0.717, 1.165) is 36.6 Å². The van der Waals surface area contributed by atoms with Gasteiger partial charge in [-0.05, 0) is 12.0 Å². The highest BCUT2D eigenvalue weighted by atomic mass is 16.4. The lowest BCUT2D eigenvalue weighted by atomic mass is 10.1. The maximum Gasteiger partial charge on any atom is 0.224 e. The van der Waals surface area contributed by atoms with Crippen LogP contribution in [-0.2, 0) is 37.1 Å². The molecule has 1 aliphatic rings. The number of rotatable bonds is 6. The number of aryl methyl sites for hydroxylation is 3. The van der Waals surface area contributed by atoms with Crippen molar-refractivity contribution in [2.75, 3.05) is 6.54 Å². The normalized spacial score (nSPS) is 13.6. The predicted molar refractivity (Wildman–Crippen MR) is 94.1 cm³/mol. The molecule has 26 heavy (non-hydrogen) atoms. The molecule has 1 amide bonds. The quantitative estimate of drug-likeness (QED) is 0.679. The van der Waals surface area contributed by atoms with E-state index in [4.69, 9.17) is 4.42 Å². The van der Waals surface area contributed by atoms with Crippen LogP contribution in [0, 0.1) is 0 Å². The van der Waals surface area contributed by atoms with Crippen LogP contribution in [0.3, 0.4) is 0 Å². The summed E-state index contributed by atoms with van der Waals surface area (Å²) in [5, 5.41) is 4.03. The highest BCUT2D eigenvalue weighted by molar-refractivity contribution is 5.76. The van der Waals surface area contributed by atoms with Crippen LogP contribution in [0.15, 0.2) is 47.4 Å². The van der Waals surface area contributed by atoms with Crippen molar-refractivity contribution in [1.82, 2.24) is 24.6 Å². The van der Waals surface area contributed by atoms with E-state index in [2.05, 4.69) is 27.2 Å². The van der Waals surface area contributed by atoms with Crippen molar-refractivity contribution in [3.8, 4) is 0 Å². The lowest BCUT2D eigenvalue weighted by Crippen LogP contribution is -2.36. The minimum Gasteiger partial charge on any atom is -0.445 e. The first-order chi connectivity index (χ1) is 12.8. The molecule has 0 atom stereocenters. The zero-order chi connectivity index (χ0) is 17.8. The molecule has 1 aliphatic heterocycles. The summed E-state index contributed by atoms with van der Waals surface area (Å²) in [5.74, 6) is 1.80. The summed E-state index contributed by atoms with van der Waals surface area (Å²) in [4.78, 5) is 22.8. The van der Waals surface area contributed by atoms with Crippen molar-refractivity contribution in [1.29, 1.82) is 0 Å². The maximum absolute atomic E-state index is 12.4. The molecule has 0 unspecified atom stereocenters. The second-order valence-corrected chi connectivity index (χ2v) is 6.44. The van der Waals surface area contributed by atoms with Crippen LogP contribution in [0.25, 0.3) is 0 Å². The fourth-order valence-electron chi connectivity index (χ4n) is 3.18. The fourth-order valence-corrected chi connectivity index (χ4v) is 3.18. The number of aromatic nitrogens is 4. The van der Waals surface area contributed by atoms with Gasteiger partial charge in [0.05, 0.1) is 13.1 Å². The number of carbonyl (C=O) groups is 1. The first-order valence-electron chi connectivity index (χ1n) is 8.89. The Morgan fingerprint density at radius 2 is 2.08 bits per heavy atom. The number of hydrogen-bond donors (Lipinski definition) is 0. The first kappa shape index (κ1) is 16.5. The smallest absolute Gasteiger partial charge is 0.224 e. The molecule has 4 rings (SSSR count). The van der Waals surface area contributed by atoms with Gasteiger partial charge in [0.25, 0.3) is 0 Å². The third-order valence-corrected chi connectivity index (χ3v) is 4.62. The fraction of sp³-hybridized carbons (Fsp3) is 0.368. The van der Waals surface area contributed by atoms with Gasteiger partial charge in [-0.3, -0.25) is 9.48 Å². The van der Waals surface area contributed by atoms with Crippen LogP contribution < -0.4 is 0 Å². The van der Waals surface area contributed by atoms with Crippen LogP contribution in [0.5, 0.6) is 0 Å². The number of nitrogens with zero attached hydrogens (tertiary/aromatic N) is 5. The Balaban J connectivity index is 1.33. The highest BCUT2D eigenvalue weighted by Crippen LogP contribution is 2.21. The molecule has 2 aromatic heterocycles. The minimum absolute atomic E-state index is 0.111. The highest BCUT2D eigenvalue weighted by Gasteiger charge is 2.25. The van der Waals surface area contributed by atoms with Gasteiger partial charge in [0, 0.05) is 25.8 Å². The molecule has 134 valence electrons. The van der Waals surface area contributed by atoms with Gasteiger partial charge in [0.1, 0.15) is 24.1 Å². The Morgan fingerprint density at radius 1 is 1.19 bits per heavy atom. The van der Waals surface area contributed by atoms with E-state index in [-0.39, 0.29) is 5.91 Å². The molecule has 0 bridgehead atoms. The number of amides is 1. The van der Waals surface area contributed by atoms with E-state index in [1.807, 2.05) is 23.1 Å². The Kier molecular flexibility index (Phi) is 4.77. The zero-order valence-electron chi connectivity index (χ0n) is 14.5. The second-order valence-electron chi connectivity index (χ2n) is 6.44. The molecular weight excluding hydrogens is 330 g/mol. The number of carbonyl (C=O) groups excluding carboxylic acids is 1. The van der Waals surface area contributed by atoms with Crippen LogP contribution in [0.1, 0.15) is 29.3 Å². The maximum atomic E-state index is 12.4. The zero-order valence-corrected chi connectivity index (χ0v) is 14.5. The lowest BCUT2D eigenvalue weighted by molar-refractivity contribution is -0.132. The number of fused-ring (bicyclic) bond motifs is 1. The van der Waals surface area contributed by atoms with Crippen LogP contribution in [0.4, 0.5) is 0 Å². The van der Waals surface area contributed by atoms with Crippen molar-refractivity contribution < 1.29 is 9.21 Å². The van der Waals surface area contributed by atoms with Gasteiger partial charge in [-0.25, -0.2) is 9.97 Å². The van der Waals surface area contributed by atoms with Crippen molar-refractivity contribution >= 4 is 5.91 Å². The summed E-state index contributed by atoms with van der Waals surface area (Å²) < 4.78 is 7.57. The summed E-state index contributed by atoms with van der Waals surface area (Å²) in [7, 11) is 0. The topological polar surface area (TPSA) is 77.0 Å². The molecule has 0 aliphatic carbocycles. The van der Waals surface area contributed by atoms with E-state index in [1.54, 1.807) is 11.0 Å². The van der Waals surface area contributed by atoms with Gasteiger partial charge in [-0.2, -0.15) is 5.10 Å². The molecular formula is C19H21N5O2. The van der Waals surface area contributed by atoms with Gasteiger partial charge in [0.2, 0.25) is 5.91 Å². The van der Waals surface area contributed by atoms with E-state index >= 15 is 0 Å². The number of hydrogen-bond acceptors (Lipinski definition) is 5. The molecule has 0 fully saturated rings. The molecule has 3 heterocycles. The van der Waals surface area contributed by atoms with E-state index in [1.165, 1.54) is 11.9 Å². The molecule has 0 saturated heterocycles. The third-order valence-electron chi connectivity index (χ3n) is 4.62. The molecule has 0 radical (unpaired) electrons. The van der Waals surface area contributed by atoms with Crippen LogP contribution in [0.2, 0.25) is 0 Å². The lowest BCUT2D eigenvalue weighted by Gasteiger charge is -2.25. The Labute approximate surface area is 151 Å². The average Bonchev–Trinajstić information content (AvgIpc) is 3.34. The van der Waals surface area contributed by atoms with Gasteiger partial charge in [0.15, 0.2) is 5.89 Å². The Morgan fingerprint density at radius 3 is 2.88 bits per heavy atom. The molecule has 7 nitrogen and oxygen atoms in total. The molecule has 3 aromatic rings. The molecule has 1 aromatic carbocycles. The van der Waals surface area contributed by atoms with E-state index in [9.17, 15) is 4.79 Å². The van der Waals surface area contributed by atoms with Crippen molar-refractivity contribution in [2.24, 2.45) is 0 Å². The first-order valence-corrected chi connectivity index (χ1v) is 8.89.